The topological polar surface area (TPSA) is 72.8 Å². The number of carbonyl (C=O) groups excluding carboxylic acids is 1. The van der Waals surface area contributed by atoms with E-state index in [1.807, 2.05) is 0 Å². The third kappa shape index (κ3) is 18.5. The minimum absolute atomic E-state index is 0.200. The largest absolute Gasteiger partial charge is 0.547 e. The molecule has 0 heterocycles. The van der Waals surface area contributed by atoms with Crippen LogP contribution in [0.15, 0.2) is 12.2 Å². The molecule has 0 aromatic rings. The van der Waals surface area contributed by atoms with Crippen LogP contribution in [-0.2, 0) is 14.6 Å². The molecule has 0 amide bonds. The average Bonchev–Trinajstić information content (AvgIpc) is 2.56. The Morgan fingerprint density at radius 1 is 0.750 bits per heavy atom. The zero-order valence-corrected chi connectivity index (χ0v) is 15.1. The molecule has 0 radical (unpaired) electrons. The van der Waals surface area contributed by atoms with Crippen LogP contribution in [0.3, 0.4) is 0 Å². The van der Waals surface area contributed by atoms with Crippen LogP contribution in [0.1, 0.15) is 96.8 Å². The summed E-state index contributed by atoms with van der Waals surface area (Å²) in [5.74, 6) is -0.630. The van der Waals surface area contributed by atoms with Crippen molar-refractivity contribution in [1.82, 2.24) is 0 Å². The van der Waals surface area contributed by atoms with Gasteiger partial charge in [-0.15, -0.1) is 0 Å². The van der Waals surface area contributed by atoms with Crippen LogP contribution < -0.4 is 0 Å². The number of hydrogen-bond donors (Lipinski definition) is 1. The molecule has 5 heteroatoms. The second kappa shape index (κ2) is 17.8. The minimum Gasteiger partial charge on any atom is -0.447 e. The fourth-order valence-electron chi connectivity index (χ4n) is 2.46. The van der Waals surface area contributed by atoms with Crippen LogP contribution in [-0.4, -0.2) is 17.2 Å². The first-order chi connectivity index (χ1) is 11.7. The molecule has 0 fully saturated rings. The molecule has 0 aromatic carbocycles. The Balaban J connectivity index is 3.20. The molecule has 5 nitrogen and oxygen atoms in total. The number of hydrogen-bond acceptors (Lipinski definition) is 4. The maximum Gasteiger partial charge on any atom is 0.547 e. The molecule has 0 aromatic heterocycles. The summed E-state index contributed by atoms with van der Waals surface area (Å²) in [6.07, 6.45) is 18.7. The average molecular weight is 342 g/mol. The fraction of sp³-hybridized carbons (Fsp3) is 0.789. The molecule has 24 heavy (non-hydrogen) atoms. The minimum atomic E-state index is -1.60. The molecule has 0 unspecified atom stereocenters. The molecule has 0 aliphatic heterocycles. The van der Waals surface area contributed by atoms with Gasteiger partial charge < -0.3 is 5.11 Å². The van der Waals surface area contributed by atoms with Gasteiger partial charge in [0.05, 0.1) is 6.42 Å². The first-order valence-corrected chi connectivity index (χ1v) is 9.42. The Bertz CT molecular complexity index is 339. The van der Waals surface area contributed by atoms with Crippen molar-refractivity contribution < 1.29 is 24.5 Å². The Labute approximate surface area is 146 Å². The predicted molar refractivity (Wildman–Crippen MR) is 94.7 cm³/mol. The van der Waals surface area contributed by atoms with Gasteiger partial charge in [-0.25, -0.2) is 19.4 Å². The van der Waals surface area contributed by atoms with Crippen molar-refractivity contribution in [2.45, 2.75) is 96.8 Å². The smallest absolute Gasteiger partial charge is 0.447 e. The van der Waals surface area contributed by atoms with E-state index in [-0.39, 0.29) is 6.42 Å². The lowest BCUT2D eigenvalue weighted by atomic mass is 10.1. The third-order valence-corrected chi connectivity index (χ3v) is 3.85. The molecular formula is C19H34O5. The van der Waals surface area contributed by atoms with Crippen molar-refractivity contribution in [3.8, 4) is 0 Å². The highest BCUT2D eigenvalue weighted by Crippen LogP contribution is 2.10. The Hall–Kier alpha value is -1.52. The summed E-state index contributed by atoms with van der Waals surface area (Å²) in [5.41, 5.74) is 0. The summed E-state index contributed by atoms with van der Waals surface area (Å²) in [5, 5.41) is 8.16. The van der Waals surface area contributed by atoms with Gasteiger partial charge in [0.15, 0.2) is 0 Å². The molecule has 0 saturated carbocycles. The van der Waals surface area contributed by atoms with Gasteiger partial charge >= 0.3 is 12.1 Å². The summed E-state index contributed by atoms with van der Waals surface area (Å²) in [6.45, 7) is 2.24. The molecule has 0 saturated heterocycles. The summed E-state index contributed by atoms with van der Waals surface area (Å²) in [4.78, 5) is 28.9. The number of carbonyl (C=O) groups is 2. The maximum absolute atomic E-state index is 11.1. The highest BCUT2D eigenvalue weighted by molar-refractivity contribution is 5.69. The van der Waals surface area contributed by atoms with Gasteiger partial charge in [-0.2, -0.15) is 0 Å². The number of rotatable bonds is 15. The van der Waals surface area contributed by atoms with Crippen LogP contribution in [0, 0.1) is 0 Å². The summed E-state index contributed by atoms with van der Waals surface area (Å²) < 4.78 is 0. The summed E-state index contributed by atoms with van der Waals surface area (Å²) in [7, 11) is 0. The Morgan fingerprint density at radius 2 is 1.25 bits per heavy atom. The molecule has 0 aliphatic carbocycles. The van der Waals surface area contributed by atoms with Crippen molar-refractivity contribution in [2.24, 2.45) is 0 Å². The van der Waals surface area contributed by atoms with Gasteiger partial charge in [0.1, 0.15) is 0 Å². The van der Waals surface area contributed by atoms with Crippen molar-refractivity contribution in [1.29, 1.82) is 0 Å². The summed E-state index contributed by atoms with van der Waals surface area (Å²) in [6, 6.07) is 0. The second-order valence-electron chi connectivity index (χ2n) is 6.14. The zero-order valence-electron chi connectivity index (χ0n) is 15.1. The van der Waals surface area contributed by atoms with Crippen LogP contribution in [0.4, 0.5) is 4.79 Å². The molecule has 0 rings (SSSR count). The van der Waals surface area contributed by atoms with E-state index in [1.165, 1.54) is 51.4 Å². The van der Waals surface area contributed by atoms with E-state index in [1.54, 1.807) is 0 Å². The van der Waals surface area contributed by atoms with E-state index < -0.39 is 12.1 Å². The van der Waals surface area contributed by atoms with Gasteiger partial charge in [-0.3, -0.25) is 0 Å². The molecule has 0 atom stereocenters. The Kier molecular flexibility index (Phi) is 16.7. The number of unbranched alkanes of at least 4 members (excludes halogenated alkanes) is 11. The van der Waals surface area contributed by atoms with Crippen molar-refractivity contribution >= 4 is 12.1 Å². The fourth-order valence-corrected chi connectivity index (χ4v) is 2.46. The normalized spacial score (nSPS) is 10.9. The van der Waals surface area contributed by atoms with Crippen LogP contribution in [0.5, 0.6) is 0 Å². The quantitative estimate of drug-likeness (QED) is 0.166. The summed E-state index contributed by atoms with van der Waals surface area (Å²) >= 11 is 0. The van der Waals surface area contributed by atoms with Gasteiger partial charge in [-0.05, 0) is 32.1 Å². The lowest BCUT2D eigenvalue weighted by Gasteiger charge is -2.01. The highest BCUT2D eigenvalue weighted by Gasteiger charge is 2.06. The van der Waals surface area contributed by atoms with Crippen molar-refractivity contribution in [3.05, 3.63) is 12.2 Å². The van der Waals surface area contributed by atoms with E-state index in [0.29, 0.717) is 6.42 Å². The lowest BCUT2D eigenvalue weighted by molar-refractivity contribution is -0.240. The van der Waals surface area contributed by atoms with Crippen LogP contribution in [0.25, 0.3) is 0 Å². The van der Waals surface area contributed by atoms with Crippen molar-refractivity contribution in [3.63, 3.8) is 0 Å². The van der Waals surface area contributed by atoms with Gasteiger partial charge in [-0.1, -0.05) is 70.4 Å². The molecule has 0 spiro atoms. The zero-order chi connectivity index (χ0) is 17.9. The molecule has 0 aliphatic rings. The van der Waals surface area contributed by atoms with E-state index in [9.17, 15) is 9.59 Å². The maximum atomic E-state index is 11.1. The molecule has 1 N–H and O–H groups in total. The first-order valence-electron chi connectivity index (χ1n) is 9.42. The standard InChI is InChI=1S/C19H34O5/c1-2-3-4-5-6-7-8-9-10-11-12-13-14-15-16-17-18(20)23-24-19(21)22/h9-10H,2-8,11-17H2,1H3,(H,21,22)/b10-9-. The SMILES string of the molecule is CCCCCCCC/C=C\CCCCCCCC(=O)OOC(=O)O. The first kappa shape index (κ1) is 22.5. The van der Waals surface area contributed by atoms with Crippen LogP contribution >= 0.6 is 0 Å². The third-order valence-electron chi connectivity index (χ3n) is 3.85. The van der Waals surface area contributed by atoms with Gasteiger partial charge in [0, 0.05) is 0 Å². The lowest BCUT2D eigenvalue weighted by Crippen LogP contribution is -2.08. The van der Waals surface area contributed by atoms with E-state index >= 15 is 0 Å². The van der Waals surface area contributed by atoms with Gasteiger partial charge in [0.25, 0.3) is 0 Å². The predicted octanol–water partition coefficient (Wildman–Crippen LogP) is 6.18. The van der Waals surface area contributed by atoms with E-state index in [0.717, 1.165) is 25.7 Å². The Morgan fingerprint density at radius 3 is 1.79 bits per heavy atom. The van der Waals surface area contributed by atoms with Crippen LogP contribution in [0.2, 0.25) is 0 Å². The second-order valence-corrected chi connectivity index (χ2v) is 6.14. The van der Waals surface area contributed by atoms with Crippen molar-refractivity contribution in [2.75, 3.05) is 0 Å². The highest BCUT2D eigenvalue weighted by atomic mass is 17.2. The monoisotopic (exact) mass is 342 g/mol. The number of allylic oxidation sites excluding steroid dienone is 2. The molecule has 140 valence electrons. The van der Waals surface area contributed by atoms with E-state index in [4.69, 9.17) is 5.11 Å². The molecule has 0 bridgehead atoms. The van der Waals surface area contributed by atoms with E-state index in [2.05, 4.69) is 28.9 Å². The molecular weight excluding hydrogens is 308 g/mol. The number of carboxylic acid groups (broad SMARTS) is 1. The van der Waals surface area contributed by atoms with Gasteiger partial charge in [0.2, 0.25) is 0 Å².